The molecule has 2 fully saturated rings. The molecule has 1 heterocycles. The van der Waals surface area contributed by atoms with E-state index in [0.29, 0.717) is 39.3 Å². The Morgan fingerprint density at radius 2 is 1.57 bits per heavy atom. The van der Waals surface area contributed by atoms with Crippen LogP contribution in [-0.4, -0.2) is 68.2 Å². The van der Waals surface area contributed by atoms with E-state index < -0.39 is 30.5 Å². The number of nitrogens with zero attached hydrogens (tertiary/aromatic N) is 1. The van der Waals surface area contributed by atoms with Gasteiger partial charge >= 0.3 is 12.4 Å². The number of nitrogens with one attached hydrogen (secondary N) is 2. The smallest absolute Gasteiger partial charge is 0.379 e. The third-order valence-electron chi connectivity index (χ3n) is 5.83. The summed E-state index contributed by atoms with van der Waals surface area (Å²) in [5.41, 5.74) is -4.45. The largest absolute Gasteiger partial charge is 0.434 e. The number of hydrogen-bond donors (Lipinski definition) is 2. The molecule has 0 unspecified atom stereocenters. The molecule has 0 atom stereocenters. The average molecular weight is 447 g/mol. The standard InChI is InChI=1S/C19H31F6N3O2/c20-18(21,22)17(19(23,24)25,26-9-4-10-28-11-13-30-14-12-28)27-16(29)8-7-15-5-2-1-3-6-15/h15,26H,1-14H2,(H,27,29). The molecule has 0 aromatic carbocycles. The van der Waals surface area contributed by atoms with Gasteiger partial charge in [-0.05, 0) is 31.8 Å². The number of hydrogen-bond acceptors (Lipinski definition) is 4. The van der Waals surface area contributed by atoms with E-state index in [9.17, 15) is 31.1 Å². The van der Waals surface area contributed by atoms with Gasteiger partial charge in [0.15, 0.2) is 0 Å². The molecule has 2 aliphatic rings. The lowest BCUT2D eigenvalue weighted by molar-refractivity contribution is -0.316. The minimum Gasteiger partial charge on any atom is -0.379 e. The van der Waals surface area contributed by atoms with Crippen molar-refractivity contribution in [3.05, 3.63) is 0 Å². The minimum absolute atomic E-state index is 0.0753. The van der Waals surface area contributed by atoms with Crippen molar-refractivity contribution in [2.24, 2.45) is 5.92 Å². The van der Waals surface area contributed by atoms with Crippen molar-refractivity contribution in [2.75, 3.05) is 39.4 Å². The Bertz CT molecular complexity index is 515. The van der Waals surface area contributed by atoms with Crippen LogP contribution < -0.4 is 10.6 Å². The molecule has 1 aliphatic carbocycles. The highest BCUT2D eigenvalue weighted by Gasteiger charge is 2.71. The number of amides is 1. The first-order valence-corrected chi connectivity index (χ1v) is 10.5. The third-order valence-corrected chi connectivity index (χ3v) is 5.83. The molecule has 176 valence electrons. The summed E-state index contributed by atoms with van der Waals surface area (Å²) in [6.07, 6.45) is -6.70. The highest BCUT2D eigenvalue weighted by molar-refractivity contribution is 5.77. The number of carbonyl (C=O) groups is 1. The van der Waals surface area contributed by atoms with E-state index in [1.54, 1.807) is 5.32 Å². The van der Waals surface area contributed by atoms with Crippen LogP contribution in [0.2, 0.25) is 0 Å². The van der Waals surface area contributed by atoms with Crippen LogP contribution in [0.1, 0.15) is 51.4 Å². The number of morpholine rings is 1. The molecule has 2 rings (SSSR count). The van der Waals surface area contributed by atoms with Gasteiger partial charge in [0.2, 0.25) is 5.91 Å². The molecule has 0 bridgehead atoms. The van der Waals surface area contributed by atoms with E-state index in [-0.39, 0.29) is 18.8 Å². The van der Waals surface area contributed by atoms with Crippen molar-refractivity contribution < 1.29 is 35.9 Å². The van der Waals surface area contributed by atoms with Crippen LogP contribution in [0.5, 0.6) is 0 Å². The van der Waals surface area contributed by atoms with Crippen molar-refractivity contribution in [2.45, 2.75) is 69.4 Å². The molecule has 11 heteroatoms. The maximum absolute atomic E-state index is 13.6. The van der Waals surface area contributed by atoms with Gasteiger partial charge in [0.05, 0.1) is 13.2 Å². The fraction of sp³-hybridized carbons (Fsp3) is 0.947. The van der Waals surface area contributed by atoms with Gasteiger partial charge < -0.3 is 10.1 Å². The van der Waals surface area contributed by atoms with E-state index in [1.165, 1.54) is 5.32 Å². The molecule has 2 N–H and O–H groups in total. The molecule has 0 aromatic heterocycles. The van der Waals surface area contributed by atoms with Crippen molar-refractivity contribution in [3.63, 3.8) is 0 Å². The number of carbonyl (C=O) groups excluding carboxylic acids is 1. The number of rotatable bonds is 9. The second-order valence-electron chi connectivity index (χ2n) is 8.07. The second-order valence-corrected chi connectivity index (χ2v) is 8.07. The third kappa shape index (κ3) is 6.98. The average Bonchev–Trinajstić information content (AvgIpc) is 2.68. The van der Waals surface area contributed by atoms with Crippen LogP contribution in [-0.2, 0) is 9.53 Å². The molecule has 1 aliphatic heterocycles. The zero-order valence-electron chi connectivity index (χ0n) is 17.0. The van der Waals surface area contributed by atoms with Crippen LogP contribution in [0.25, 0.3) is 0 Å². The first-order valence-electron chi connectivity index (χ1n) is 10.5. The zero-order valence-corrected chi connectivity index (χ0v) is 17.0. The molecule has 0 aromatic rings. The summed E-state index contributed by atoms with van der Waals surface area (Å²) >= 11 is 0. The minimum atomic E-state index is -5.73. The Balaban J connectivity index is 1.96. The maximum atomic E-state index is 13.6. The summed E-state index contributed by atoms with van der Waals surface area (Å²) in [4.78, 5) is 14.0. The fourth-order valence-corrected chi connectivity index (χ4v) is 4.03. The van der Waals surface area contributed by atoms with Crippen LogP contribution in [0, 0.1) is 5.92 Å². The quantitative estimate of drug-likeness (QED) is 0.322. The molecule has 0 radical (unpaired) electrons. The van der Waals surface area contributed by atoms with Gasteiger partial charge in [-0.25, -0.2) is 0 Å². The number of halogens is 6. The molecule has 1 saturated heterocycles. The van der Waals surface area contributed by atoms with Crippen molar-refractivity contribution in [1.82, 2.24) is 15.5 Å². The van der Waals surface area contributed by atoms with Gasteiger partial charge in [-0.2, -0.15) is 26.3 Å². The fourth-order valence-electron chi connectivity index (χ4n) is 4.03. The lowest BCUT2D eigenvalue weighted by Crippen LogP contribution is -2.75. The summed E-state index contributed by atoms with van der Waals surface area (Å²) in [6.45, 7) is 1.94. The summed E-state index contributed by atoms with van der Waals surface area (Å²) in [6, 6.07) is 0. The Morgan fingerprint density at radius 3 is 2.13 bits per heavy atom. The van der Waals surface area contributed by atoms with Crippen molar-refractivity contribution in [3.8, 4) is 0 Å². The molecule has 30 heavy (non-hydrogen) atoms. The summed E-state index contributed by atoms with van der Waals surface area (Å²) in [5, 5.41) is 2.84. The topological polar surface area (TPSA) is 53.6 Å². The number of ether oxygens (including phenoxy) is 1. The second kappa shape index (κ2) is 11.0. The van der Waals surface area contributed by atoms with Gasteiger partial charge in [-0.1, -0.05) is 32.1 Å². The Hall–Kier alpha value is -1.07. The lowest BCUT2D eigenvalue weighted by atomic mass is 9.86. The normalized spacial score (nSPS) is 20.3. The van der Waals surface area contributed by atoms with Crippen LogP contribution >= 0.6 is 0 Å². The van der Waals surface area contributed by atoms with Gasteiger partial charge in [-0.15, -0.1) is 0 Å². The van der Waals surface area contributed by atoms with Gasteiger partial charge in [-0.3, -0.25) is 15.0 Å². The highest BCUT2D eigenvalue weighted by atomic mass is 19.4. The van der Waals surface area contributed by atoms with Crippen molar-refractivity contribution >= 4 is 5.91 Å². The van der Waals surface area contributed by atoms with E-state index in [4.69, 9.17) is 4.74 Å². The predicted molar refractivity (Wildman–Crippen MR) is 98.7 cm³/mol. The van der Waals surface area contributed by atoms with E-state index >= 15 is 0 Å². The first-order chi connectivity index (χ1) is 14.1. The highest BCUT2D eigenvalue weighted by Crippen LogP contribution is 2.41. The van der Waals surface area contributed by atoms with Crippen LogP contribution in [0.3, 0.4) is 0 Å². The van der Waals surface area contributed by atoms with E-state index in [2.05, 4.69) is 0 Å². The lowest BCUT2D eigenvalue weighted by Gasteiger charge is -2.39. The Morgan fingerprint density at radius 1 is 0.967 bits per heavy atom. The van der Waals surface area contributed by atoms with Gasteiger partial charge in [0.25, 0.3) is 5.66 Å². The summed E-state index contributed by atoms with van der Waals surface area (Å²) < 4.78 is 86.7. The van der Waals surface area contributed by atoms with Gasteiger partial charge in [0, 0.05) is 19.5 Å². The molecular weight excluding hydrogens is 416 g/mol. The van der Waals surface area contributed by atoms with E-state index in [1.807, 2.05) is 4.90 Å². The monoisotopic (exact) mass is 447 g/mol. The number of alkyl halides is 6. The van der Waals surface area contributed by atoms with Crippen LogP contribution in [0.4, 0.5) is 26.3 Å². The van der Waals surface area contributed by atoms with Gasteiger partial charge in [0.1, 0.15) is 0 Å². The van der Waals surface area contributed by atoms with Crippen molar-refractivity contribution in [1.29, 1.82) is 0 Å². The SMILES string of the molecule is O=C(CCC1CCCCC1)NC(NCCCN1CCOCC1)(C(F)(F)F)C(F)(F)F. The summed E-state index contributed by atoms with van der Waals surface area (Å²) in [5.74, 6) is -1.06. The first kappa shape index (κ1) is 25.2. The molecule has 0 spiro atoms. The molecular formula is C19H31F6N3O2. The predicted octanol–water partition coefficient (Wildman–Crippen LogP) is 3.60. The van der Waals surface area contributed by atoms with E-state index in [0.717, 1.165) is 32.1 Å². The molecule has 1 saturated carbocycles. The molecule has 5 nitrogen and oxygen atoms in total. The van der Waals surface area contributed by atoms with Crippen LogP contribution in [0.15, 0.2) is 0 Å². The maximum Gasteiger partial charge on any atom is 0.434 e. The summed E-state index contributed by atoms with van der Waals surface area (Å²) in [7, 11) is 0. The Labute approximate surface area is 172 Å². The molecule has 1 amide bonds. The zero-order chi connectivity index (χ0) is 22.3. The Kier molecular flexibility index (Phi) is 9.23.